The summed E-state index contributed by atoms with van der Waals surface area (Å²) in [6, 6.07) is 3.43. The molecule has 8 heteroatoms. The predicted octanol–water partition coefficient (Wildman–Crippen LogP) is 1.21. The molecule has 0 aliphatic heterocycles. The van der Waals surface area contributed by atoms with E-state index in [-0.39, 0.29) is 5.75 Å². The zero-order valence-electron chi connectivity index (χ0n) is 9.21. The Morgan fingerprint density at radius 3 is 2.82 bits per heavy atom. The highest BCUT2D eigenvalue weighted by atomic mass is 79.9. The Hall–Kier alpha value is -0.990. The Morgan fingerprint density at radius 1 is 1.47 bits per heavy atom. The minimum atomic E-state index is -3.52. The lowest BCUT2D eigenvalue weighted by Gasteiger charge is -2.03. The van der Waals surface area contributed by atoms with Crippen LogP contribution in [-0.4, -0.2) is 30.5 Å². The lowest BCUT2D eigenvalue weighted by atomic mass is 10.2. The van der Waals surface area contributed by atoms with E-state index in [1.165, 1.54) is 0 Å². The third-order valence-corrected chi connectivity index (χ3v) is 4.13. The van der Waals surface area contributed by atoms with Crippen LogP contribution in [-0.2, 0) is 27.1 Å². The SMILES string of the molecule is COS(=O)(=O)Cc1cc(Br)c2nnn(C)c2c1. The van der Waals surface area contributed by atoms with Gasteiger partial charge in [-0.15, -0.1) is 5.10 Å². The molecule has 0 aliphatic rings. The Balaban J connectivity index is 2.53. The van der Waals surface area contributed by atoms with Crippen LogP contribution >= 0.6 is 15.9 Å². The Morgan fingerprint density at radius 2 is 2.18 bits per heavy atom. The summed E-state index contributed by atoms with van der Waals surface area (Å²) in [6.45, 7) is 0. The molecule has 0 radical (unpaired) electrons. The fourth-order valence-corrected chi connectivity index (χ4v) is 2.76. The van der Waals surface area contributed by atoms with Crippen LogP contribution < -0.4 is 0 Å². The maximum atomic E-state index is 11.4. The summed E-state index contributed by atoms with van der Waals surface area (Å²) in [5, 5.41) is 7.83. The highest BCUT2D eigenvalue weighted by Crippen LogP contribution is 2.24. The molecule has 0 saturated carbocycles. The van der Waals surface area contributed by atoms with Crippen molar-refractivity contribution >= 4 is 37.1 Å². The zero-order valence-corrected chi connectivity index (χ0v) is 11.6. The topological polar surface area (TPSA) is 74.1 Å². The third kappa shape index (κ3) is 2.48. The zero-order chi connectivity index (χ0) is 12.6. The summed E-state index contributed by atoms with van der Waals surface area (Å²) in [6.07, 6.45) is 0. The van der Waals surface area contributed by atoms with E-state index in [1.807, 2.05) is 0 Å². The molecule has 0 amide bonds. The van der Waals surface area contributed by atoms with Gasteiger partial charge in [-0.2, -0.15) is 8.42 Å². The van der Waals surface area contributed by atoms with Crippen molar-refractivity contribution < 1.29 is 12.6 Å². The summed E-state index contributed by atoms with van der Waals surface area (Å²) in [5.74, 6) is -0.177. The van der Waals surface area contributed by atoms with E-state index in [1.54, 1.807) is 23.9 Å². The molecule has 2 aromatic rings. The lowest BCUT2D eigenvalue weighted by Crippen LogP contribution is -2.06. The molecule has 6 nitrogen and oxygen atoms in total. The number of benzene rings is 1. The van der Waals surface area contributed by atoms with Gasteiger partial charge in [-0.25, -0.2) is 4.68 Å². The van der Waals surface area contributed by atoms with Crippen LogP contribution in [0.15, 0.2) is 16.6 Å². The van der Waals surface area contributed by atoms with Gasteiger partial charge < -0.3 is 0 Å². The van der Waals surface area contributed by atoms with Gasteiger partial charge in [0.2, 0.25) is 0 Å². The second-order valence-electron chi connectivity index (χ2n) is 3.53. The normalized spacial score (nSPS) is 12.2. The summed E-state index contributed by atoms with van der Waals surface area (Å²) < 4.78 is 29.5. The van der Waals surface area contributed by atoms with E-state index >= 15 is 0 Å². The van der Waals surface area contributed by atoms with Crippen molar-refractivity contribution in [1.82, 2.24) is 15.0 Å². The largest absolute Gasteiger partial charge is 0.273 e. The van der Waals surface area contributed by atoms with Crippen LogP contribution in [0.1, 0.15) is 5.56 Å². The molecule has 0 saturated heterocycles. The smallest absolute Gasteiger partial charge is 0.271 e. The van der Waals surface area contributed by atoms with E-state index < -0.39 is 10.1 Å². The number of hydrogen-bond donors (Lipinski definition) is 0. The quantitative estimate of drug-likeness (QED) is 0.795. The van der Waals surface area contributed by atoms with Crippen LogP contribution in [0.4, 0.5) is 0 Å². The molecule has 0 bridgehead atoms. The van der Waals surface area contributed by atoms with Crippen LogP contribution in [0.25, 0.3) is 11.0 Å². The number of halogens is 1. The van der Waals surface area contributed by atoms with Crippen molar-refractivity contribution in [1.29, 1.82) is 0 Å². The summed E-state index contributed by atoms with van der Waals surface area (Å²) in [4.78, 5) is 0. The van der Waals surface area contributed by atoms with E-state index in [4.69, 9.17) is 0 Å². The molecule has 0 spiro atoms. The van der Waals surface area contributed by atoms with Gasteiger partial charge in [-0.05, 0) is 33.6 Å². The first-order chi connectivity index (χ1) is 7.93. The molecule has 0 atom stereocenters. The molecule has 0 N–H and O–H groups in total. The third-order valence-electron chi connectivity index (χ3n) is 2.33. The fourth-order valence-electron chi connectivity index (χ4n) is 1.49. The van der Waals surface area contributed by atoms with Crippen molar-refractivity contribution in [2.75, 3.05) is 7.11 Å². The summed E-state index contributed by atoms with van der Waals surface area (Å²) in [5.41, 5.74) is 2.09. The molecule has 0 fully saturated rings. The molecule has 92 valence electrons. The second kappa shape index (κ2) is 4.35. The van der Waals surface area contributed by atoms with Crippen LogP contribution in [0, 0.1) is 0 Å². The van der Waals surface area contributed by atoms with Gasteiger partial charge in [-0.3, -0.25) is 4.18 Å². The van der Waals surface area contributed by atoms with Crippen LogP contribution in [0.2, 0.25) is 0 Å². The standard InChI is InChI=1S/C9H10BrN3O3S/c1-13-8-4-6(5-17(14,15)16-2)3-7(10)9(8)11-12-13/h3-4H,5H2,1-2H3. The van der Waals surface area contributed by atoms with Crippen molar-refractivity contribution in [3.63, 3.8) is 0 Å². The average Bonchev–Trinajstić information content (AvgIpc) is 2.61. The molecule has 1 aromatic carbocycles. The van der Waals surface area contributed by atoms with E-state index in [0.29, 0.717) is 15.6 Å². The highest BCUT2D eigenvalue weighted by molar-refractivity contribution is 9.10. The van der Waals surface area contributed by atoms with Gasteiger partial charge in [0.1, 0.15) is 11.3 Å². The van der Waals surface area contributed by atoms with Gasteiger partial charge in [0.25, 0.3) is 10.1 Å². The van der Waals surface area contributed by atoms with E-state index in [0.717, 1.165) is 12.6 Å². The van der Waals surface area contributed by atoms with E-state index in [9.17, 15) is 8.42 Å². The van der Waals surface area contributed by atoms with Gasteiger partial charge in [0.05, 0.1) is 12.6 Å². The molecular weight excluding hydrogens is 310 g/mol. The van der Waals surface area contributed by atoms with E-state index in [2.05, 4.69) is 30.4 Å². The molecular formula is C9H10BrN3O3S. The Kier molecular flexibility index (Phi) is 3.19. The van der Waals surface area contributed by atoms with Crippen molar-refractivity contribution in [2.24, 2.45) is 7.05 Å². The molecule has 1 heterocycles. The van der Waals surface area contributed by atoms with Crippen LogP contribution in [0.5, 0.6) is 0 Å². The first-order valence-corrected chi connectivity index (χ1v) is 7.06. The van der Waals surface area contributed by atoms with Crippen molar-refractivity contribution in [3.8, 4) is 0 Å². The van der Waals surface area contributed by atoms with Gasteiger partial charge in [0.15, 0.2) is 0 Å². The summed E-state index contributed by atoms with van der Waals surface area (Å²) in [7, 11) is -0.631. The Labute approximate surface area is 107 Å². The fraction of sp³-hybridized carbons (Fsp3) is 0.333. The van der Waals surface area contributed by atoms with Crippen molar-refractivity contribution in [2.45, 2.75) is 5.75 Å². The molecule has 0 unspecified atom stereocenters. The van der Waals surface area contributed by atoms with Crippen molar-refractivity contribution in [3.05, 3.63) is 22.2 Å². The average molecular weight is 320 g/mol. The number of aromatic nitrogens is 3. The second-order valence-corrected chi connectivity index (χ2v) is 6.12. The number of nitrogens with zero attached hydrogens (tertiary/aromatic N) is 3. The predicted molar refractivity (Wildman–Crippen MR) is 65.8 cm³/mol. The number of hydrogen-bond acceptors (Lipinski definition) is 5. The molecule has 17 heavy (non-hydrogen) atoms. The molecule has 0 aliphatic carbocycles. The first-order valence-electron chi connectivity index (χ1n) is 4.69. The van der Waals surface area contributed by atoms with Gasteiger partial charge in [0, 0.05) is 11.5 Å². The minimum Gasteiger partial charge on any atom is -0.273 e. The van der Waals surface area contributed by atoms with Gasteiger partial charge >= 0.3 is 0 Å². The molecule has 2 rings (SSSR count). The monoisotopic (exact) mass is 319 g/mol. The summed E-state index contributed by atoms with van der Waals surface area (Å²) >= 11 is 3.34. The number of fused-ring (bicyclic) bond motifs is 1. The first kappa shape index (κ1) is 12.5. The number of rotatable bonds is 3. The van der Waals surface area contributed by atoms with Crippen LogP contribution in [0.3, 0.4) is 0 Å². The maximum Gasteiger partial charge on any atom is 0.271 e. The minimum absolute atomic E-state index is 0.177. The number of aryl methyl sites for hydroxylation is 1. The lowest BCUT2D eigenvalue weighted by molar-refractivity contribution is 0.397. The van der Waals surface area contributed by atoms with Gasteiger partial charge in [-0.1, -0.05) is 5.21 Å². The Bertz CT molecular complexity index is 665. The molecule has 1 aromatic heterocycles. The maximum absolute atomic E-state index is 11.4. The highest BCUT2D eigenvalue weighted by Gasteiger charge is 2.14.